The predicted octanol–water partition coefficient (Wildman–Crippen LogP) is -2.14. The van der Waals surface area contributed by atoms with Gasteiger partial charge in [-0.3, -0.25) is 4.79 Å². The standard InChI is InChI=1S/C4H7NO.3ClH/c6-4-2-1-3-5-4;;;/h1-3H2,(H,5,6);3*1H. The number of hydrogen-bond donors (Lipinski definition) is 1. The zero-order valence-corrected chi connectivity index (χ0v) is 7.11. The minimum atomic E-state index is 0. The highest BCUT2D eigenvalue weighted by Crippen LogP contribution is 1.93. The van der Waals surface area contributed by atoms with Gasteiger partial charge in [0, 0.05) is 13.0 Å². The van der Waals surface area contributed by atoms with E-state index in [2.05, 4.69) is 5.32 Å². The van der Waals surface area contributed by atoms with Crippen molar-refractivity contribution >= 4 is 30.7 Å². The molecule has 1 rings (SSSR count). The number of nitrogens with one attached hydrogen (secondary N) is 1. The van der Waals surface area contributed by atoms with Gasteiger partial charge in [0.25, 0.3) is 0 Å². The van der Waals surface area contributed by atoms with Gasteiger partial charge in [-0.2, -0.15) is 0 Å². The van der Waals surface area contributed by atoms with Crippen LogP contribution in [0.1, 0.15) is 14.3 Å². The van der Waals surface area contributed by atoms with Crippen LogP contribution in [0.2, 0.25) is 0 Å². The summed E-state index contributed by atoms with van der Waals surface area (Å²) in [5.74, 6) is 0.204. The molecule has 0 aromatic carbocycles. The Morgan fingerprint density at radius 1 is 1.44 bits per heavy atom. The molecule has 1 saturated heterocycles. The Hall–Kier alpha value is 0.340. The summed E-state index contributed by atoms with van der Waals surface area (Å²) < 4.78 is 0. The fourth-order valence-corrected chi connectivity index (χ4v) is 0.565. The van der Waals surface area contributed by atoms with Gasteiger partial charge in [-0.05, 0) is 6.42 Å². The van der Waals surface area contributed by atoms with Crippen molar-refractivity contribution in [3.63, 3.8) is 0 Å². The lowest BCUT2D eigenvalue weighted by atomic mass is 10.4. The van der Waals surface area contributed by atoms with Gasteiger partial charge in [-0.1, -0.05) is 0 Å². The van der Waals surface area contributed by atoms with Crippen molar-refractivity contribution < 1.29 is 18.6 Å². The normalized spacial score (nSPS) is 14.0. The summed E-state index contributed by atoms with van der Waals surface area (Å²) in [4.78, 5) is 10.1. The van der Waals surface area contributed by atoms with Crippen LogP contribution < -0.4 is 17.7 Å². The smallest absolute Gasteiger partial charge is 1.00 e. The Bertz CT molecular complexity index is 74.9. The first kappa shape index (κ1) is 16.2. The van der Waals surface area contributed by atoms with E-state index in [-0.39, 0.29) is 44.6 Å². The first-order valence-corrected chi connectivity index (χ1v) is 2.16. The van der Waals surface area contributed by atoms with Crippen LogP contribution in [0.15, 0.2) is 0 Å². The first-order valence-electron chi connectivity index (χ1n) is 2.16. The fourth-order valence-electron chi connectivity index (χ4n) is 0.565. The monoisotopic (exact) mass is 193 g/mol. The highest BCUT2D eigenvalue weighted by Gasteiger charge is 2.05. The molecule has 1 aliphatic heterocycles. The molecule has 0 bridgehead atoms. The fraction of sp³-hybridized carbons (Fsp3) is 0.750. The molecule has 0 unspecified atom stereocenters. The van der Waals surface area contributed by atoms with Crippen LogP contribution in [0.4, 0.5) is 0 Å². The third kappa shape index (κ3) is 6.22. The lowest BCUT2D eigenvalue weighted by Crippen LogP contribution is -3.00. The molecule has 0 radical (unpaired) electrons. The molecule has 5 heteroatoms. The van der Waals surface area contributed by atoms with E-state index in [9.17, 15) is 4.79 Å². The maximum absolute atomic E-state index is 10.1. The second kappa shape index (κ2) is 8.34. The SMILES string of the molecule is Cl.Cl.O=C1CCCN1.[Cl-].[H+]. The molecule has 0 spiro atoms. The molecule has 0 aromatic heterocycles. The van der Waals surface area contributed by atoms with Crippen molar-refractivity contribution in [1.82, 2.24) is 5.32 Å². The van der Waals surface area contributed by atoms with E-state index in [0.717, 1.165) is 19.4 Å². The molecule has 1 fully saturated rings. The number of amides is 1. The Kier molecular flexibility index (Phi) is 15.0. The van der Waals surface area contributed by atoms with Crippen molar-refractivity contribution in [1.29, 1.82) is 0 Å². The number of carbonyl (C=O) groups is 1. The lowest BCUT2D eigenvalue weighted by Gasteiger charge is -1.80. The largest absolute Gasteiger partial charge is 1.00 e. The molecule has 1 amide bonds. The van der Waals surface area contributed by atoms with Gasteiger partial charge in [-0.15, -0.1) is 24.8 Å². The number of hydrogen-bond acceptors (Lipinski definition) is 1. The third-order valence-corrected chi connectivity index (χ3v) is 0.903. The van der Waals surface area contributed by atoms with E-state index in [1.807, 2.05) is 0 Å². The first-order chi connectivity index (χ1) is 2.89. The Balaban J connectivity index is -0.0000000450. The van der Waals surface area contributed by atoms with Gasteiger partial charge < -0.3 is 17.7 Å². The predicted molar refractivity (Wildman–Crippen MR) is 37.9 cm³/mol. The number of carbonyl (C=O) groups excluding carboxylic acids is 1. The highest BCUT2D eigenvalue weighted by atomic mass is 35.5. The molecular formula is C4H10Cl3NO. The maximum atomic E-state index is 10.1. The molecule has 1 N–H and O–H groups in total. The van der Waals surface area contributed by atoms with Crippen LogP contribution in [0, 0.1) is 0 Å². The summed E-state index contributed by atoms with van der Waals surface area (Å²) in [6.07, 6.45) is 1.76. The molecule has 0 aliphatic carbocycles. The zero-order valence-electron chi connectivity index (χ0n) is 5.72. The lowest BCUT2D eigenvalue weighted by molar-refractivity contribution is -0.119. The average Bonchev–Trinajstić information content (AvgIpc) is 1.86. The van der Waals surface area contributed by atoms with Crippen LogP contribution in [0.5, 0.6) is 0 Å². The van der Waals surface area contributed by atoms with Crippen molar-refractivity contribution in [2.75, 3.05) is 6.54 Å². The van der Waals surface area contributed by atoms with Gasteiger partial charge in [0.2, 0.25) is 5.91 Å². The maximum Gasteiger partial charge on any atom is 1.00 e. The highest BCUT2D eigenvalue weighted by molar-refractivity contribution is 5.85. The van der Waals surface area contributed by atoms with Gasteiger partial charge in [-0.25, -0.2) is 0 Å². The second-order valence-corrected chi connectivity index (χ2v) is 1.45. The van der Waals surface area contributed by atoms with Gasteiger partial charge >= 0.3 is 1.43 Å². The molecule has 9 heavy (non-hydrogen) atoms. The van der Waals surface area contributed by atoms with Crippen LogP contribution in [0.3, 0.4) is 0 Å². The third-order valence-electron chi connectivity index (χ3n) is 0.903. The van der Waals surface area contributed by atoms with Crippen LogP contribution in [-0.2, 0) is 4.79 Å². The molecule has 1 heterocycles. The molecular weight excluding hydrogens is 184 g/mol. The van der Waals surface area contributed by atoms with Crippen LogP contribution >= 0.6 is 24.8 Å². The van der Waals surface area contributed by atoms with Gasteiger partial charge in [0.1, 0.15) is 0 Å². The van der Waals surface area contributed by atoms with Gasteiger partial charge in [0.05, 0.1) is 0 Å². The quantitative estimate of drug-likeness (QED) is 0.468. The summed E-state index contributed by atoms with van der Waals surface area (Å²) in [5.41, 5.74) is 0. The number of halogens is 3. The Morgan fingerprint density at radius 3 is 2.11 bits per heavy atom. The average molecular weight is 194 g/mol. The summed E-state index contributed by atoms with van der Waals surface area (Å²) in [6, 6.07) is 0. The minimum Gasteiger partial charge on any atom is -1.00 e. The summed E-state index contributed by atoms with van der Waals surface area (Å²) in [6.45, 7) is 0.888. The molecule has 1 aliphatic rings. The van der Waals surface area contributed by atoms with Crippen LogP contribution in [0.25, 0.3) is 0 Å². The van der Waals surface area contributed by atoms with E-state index in [1.165, 1.54) is 0 Å². The van der Waals surface area contributed by atoms with E-state index in [4.69, 9.17) is 0 Å². The molecule has 0 aromatic rings. The zero-order chi connectivity index (χ0) is 4.41. The van der Waals surface area contributed by atoms with Crippen molar-refractivity contribution in [2.45, 2.75) is 12.8 Å². The van der Waals surface area contributed by atoms with E-state index in [1.54, 1.807) is 0 Å². The topological polar surface area (TPSA) is 29.1 Å². The molecule has 2 nitrogen and oxygen atoms in total. The molecule has 0 saturated carbocycles. The summed E-state index contributed by atoms with van der Waals surface area (Å²) in [5, 5.41) is 2.68. The Labute approximate surface area is 74.5 Å². The molecule has 0 atom stereocenters. The molecule has 58 valence electrons. The van der Waals surface area contributed by atoms with Crippen molar-refractivity contribution in [2.24, 2.45) is 0 Å². The van der Waals surface area contributed by atoms with E-state index >= 15 is 0 Å². The van der Waals surface area contributed by atoms with Crippen molar-refractivity contribution in [3.05, 3.63) is 0 Å². The number of rotatable bonds is 0. The van der Waals surface area contributed by atoms with Gasteiger partial charge in [0.15, 0.2) is 0 Å². The van der Waals surface area contributed by atoms with E-state index < -0.39 is 0 Å². The summed E-state index contributed by atoms with van der Waals surface area (Å²) >= 11 is 0. The summed E-state index contributed by atoms with van der Waals surface area (Å²) in [7, 11) is 0. The minimum absolute atomic E-state index is 0. The second-order valence-electron chi connectivity index (χ2n) is 1.45. The van der Waals surface area contributed by atoms with E-state index in [0.29, 0.717) is 0 Å². The Morgan fingerprint density at radius 2 is 2.00 bits per heavy atom. The van der Waals surface area contributed by atoms with Crippen molar-refractivity contribution in [3.8, 4) is 0 Å². The van der Waals surface area contributed by atoms with Crippen LogP contribution in [-0.4, -0.2) is 12.5 Å².